The molecule has 1 rings (SSSR count). The summed E-state index contributed by atoms with van der Waals surface area (Å²) in [6.07, 6.45) is -0.440. The molecule has 1 unspecified atom stereocenters. The Labute approximate surface area is 81.5 Å². The molecule has 2 N–H and O–H groups in total. The first-order valence-electron chi connectivity index (χ1n) is 4.26. The molecule has 5 nitrogen and oxygen atoms in total. The van der Waals surface area contributed by atoms with Crippen LogP contribution in [0.2, 0.25) is 0 Å². The Morgan fingerprint density at radius 2 is 2.07 bits per heavy atom. The summed E-state index contributed by atoms with van der Waals surface area (Å²) in [5.41, 5.74) is 0.823. The van der Waals surface area contributed by atoms with Crippen molar-refractivity contribution in [2.45, 2.75) is 13.0 Å². The van der Waals surface area contributed by atoms with E-state index in [2.05, 4.69) is 5.32 Å². The molecule has 0 saturated carbocycles. The van der Waals surface area contributed by atoms with Crippen molar-refractivity contribution < 1.29 is 10.0 Å². The highest BCUT2D eigenvalue weighted by Gasteiger charge is 2.03. The maximum absolute atomic E-state index is 10.3. The lowest BCUT2D eigenvalue weighted by molar-refractivity contribution is -0.384. The zero-order valence-corrected chi connectivity index (χ0v) is 7.80. The molecule has 0 aliphatic carbocycles. The topological polar surface area (TPSA) is 75.4 Å². The van der Waals surface area contributed by atoms with Crippen molar-refractivity contribution in [3.05, 3.63) is 34.4 Å². The van der Waals surface area contributed by atoms with Gasteiger partial charge in [0.1, 0.15) is 0 Å². The fourth-order valence-corrected chi connectivity index (χ4v) is 0.967. The molecule has 0 aliphatic heterocycles. The Kier molecular flexibility index (Phi) is 3.41. The largest absolute Gasteiger partial charge is 0.392 e. The van der Waals surface area contributed by atoms with Crippen LogP contribution in [0.3, 0.4) is 0 Å². The highest BCUT2D eigenvalue weighted by molar-refractivity contribution is 5.48. The van der Waals surface area contributed by atoms with Crippen molar-refractivity contribution in [3.8, 4) is 0 Å². The van der Waals surface area contributed by atoms with Gasteiger partial charge in [-0.3, -0.25) is 10.1 Å². The number of anilines is 1. The first-order chi connectivity index (χ1) is 6.59. The summed E-state index contributed by atoms with van der Waals surface area (Å²) in [5, 5.41) is 22.2. The SMILES string of the molecule is CC(O)CNc1ccc([N+](=O)[O-])cc1. The van der Waals surface area contributed by atoms with Gasteiger partial charge in [-0.15, -0.1) is 0 Å². The third kappa shape index (κ3) is 3.02. The molecule has 0 spiro atoms. The standard InChI is InChI=1S/C9H12N2O3/c1-7(12)6-10-8-2-4-9(5-3-8)11(13)14/h2-5,7,10,12H,6H2,1H3. The van der Waals surface area contributed by atoms with Crippen LogP contribution in [-0.2, 0) is 0 Å². The number of nitrogens with one attached hydrogen (secondary N) is 1. The van der Waals surface area contributed by atoms with Crippen LogP contribution in [0.1, 0.15) is 6.92 Å². The maximum Gasteiger partial charge on any atom is 0.269 e. The van der Waals surface area contributed by atoms with E-state index in [1.807, 2.05) is 0 Å². The highest BCUT2D eigenvalue weighted by Crippen LogP contribution is 2.14. The molecule has 1 aromatic carbocycles. The number of nitro groups is 1. The molecule has 0 amide bonds. The van der Waals surface area contributed by atoms with Gasteiger partial charge in [-0.2, -0.15) is 0 Å². The third-order valence-corrected chi connectivity index (χ3v) is 1.68. The molecule has 14 heavy (non-hydrogen) atoms. The van der Waals surface area contributed by atoms with Crippen molar-refractivity contribution in [2.75, 3.05) is 11.9 Å². The van der Waals surface area contributed by atoms with Crippen LogP contribution < -0.4 is 5.32 Å². The van der Waals surface area contributed by atoms with Crippen LogP contribution in [0.15, 0.2) is 24.3 Å². The fourth-order valence-electron chi connectivity index (χ4n) is 0.967. The molecule has 0 fully saturated rings. The van der Waals surface area contributed by atoms with Crippen LogP contribution in [0.5, 0.6) is 0 Å². The van der Waals surface area contributed by atoms with E-state index in [4.69, 9.17) is 5.11 Å². The quantitative estimate of drug-likeness (QED) is 0.563. The molecule has 1 atom stereocenters. The Morgan fingerprint density at radius 3 is 2.50 bits per heavy atom. The molecular formula is C9H12N2O3. The average molecular weight is 196 g/mol. The number of aliphatic hydroxyl groups is 1. The van der Waals surface area contributed by atoms with E-state index in [1.165, 1.54) is 12.1 Å². The van der Waals surface area contributed by atoms with E-state index in [0.29, 0.717) is 6.54 Å². The van der Waals surface area contributed by atoms with Crippen molar-refractivity contribution >= 4 is 11.4 Å². The molecule has 0 aliphatic rings. The lowest BCUT2D eigenvalue weighted by Gasteiger charge is -2.07. The second-order valence-electron chi connectivity index (χ2n) is 3.03. The Hall–Kier alpha value is -1.62. The summed E-state index contributed by atoms with van der Waals surface area (Å²) >= 11 is 0. The van der Waals surface area contributed by atoms with Gasteiger partial charge in [-0.05, 0) is 19.1 Å². The molecule has 0 radical (unpaired) electrons. The number of hydrogen-bond donors (Lipinski definition) is 2. The molecule has 5 heteroatoms. The van der Waals surface area contributed by atoms with Crippen molar-refractivity contribution in [3.63, 3.8) is 0 Å². The second-order valence-corrected chi connectivity index (χ2v) is 3.03. The van der Waals surface area contributed by atoms with Crippen LogP contribution >= 0.6 is 0 Å². The minimum atomic E-state index is -0.446. The highest BCUT2D eigenvalue weighted by atomic mass is 16.6. The first kappa shape index (κ1) is 10.5. The lowest BCUT2D eigenvalue weighted by atomic mass is 10.3. The summed E-state index contributed by atoms with van der Waals surface area (Å²) < 4.78 is 0. The monoisotopic (exact) mass is 196 g/mol. The molecule has 0 bridgehead atoms. The molecular weight excluding hydrogens is 184 g/mol. The molecule has 0 saturated heterocycles. The third-order valence-electron chi connectivity index (χ3n) is 1.68. The van der Waals surface area contributed by atoms with Gasteiger partial charge < -0.3 is 10.4 Å². The number of aliphatic hydroxyl groups excluding tert-OH is 1. The normalized spacial score (nSPS) is 12.1. The summed E-state index contributed by atoms with van der Waals surface area (Å²) in [6.45, 7) is 2.09. The van der Waals surface area contributed by atoms with Crippen LogP contribution in [0.4, 0.5) is 11.4 Å². The van der Waals surface area contributed by atoms with Crippen LogP contribution in [0.25, 0.3) is 0 Å². The average Bonchev–Trinajstić information content (AvgIpc) is 2.15. The van der Waals surface area contributed by atoms with Crippen molar-refractivity contribution in [1.29, 1.82) is 0 Å². The second kappa shape index (κ2) is 4.57. The van der Waals surface area contributed by atoms with Gasteiger partial charge >= 0.3 is 0 Å². The maximum atomic E-state index is 10.3. The Bertz CT molecular complexity index is 308. The Balaban J connectivity index is 2.60. The summed E-state index contributed by atoms with van der Waals surface area (Å²) in [4.78, 5) is 9.88. The van der Waals surface area contributed by atoms with E-state index >= 15 is 0 Å². The number of rotatable bonds is 4. The minimum absolute atomic E-state index is 0.0626. The van der Waals surface area contributed by atoms with E-state index in [1.54, 1.807) is 19.1 Å². The number of non-ortho nitro benzene ring substituents is 1. The van der Waals surface area contributed by atoms with Gasteiger partial charge in [0.2, 0.25) is 0 Å². The minimum Gasteiger partial charge on any atom is -0.392 e. The fraction of sp³-hybridized carbons (Fsp3) is 0.333. The van der Waals surface area contributed by atoms with Gasteiger partial charge in [0.15, 0.2) is 0 Å². The summed E-state index contributed by atoms with van der Waals surface area (Å²) in [6, 6.07) is 6.07. The predicted molar refractivity (Wildman–Crippen MR) is 53.3 cm³/mol. The Morgan fingerprint density at radius 1 is 1.50 bits per heavy atom. The lowest BCUT2D eigenvalue weighted by Crippen LogP contribution is -2.15. The van der Waals surface area contributed by atoms with Crippen LogP contribution in [-0.4, -0.2) is 22.7 Å². The molecule has 76 valence electrons. The van der Waals surface area contributed by atoms with Gasteiger partial charge in [0.05, 0.1) is 11.0 Å². The van der Waals surface area contributed by atoms with Crippen molar-refractivity contribution in [1.82, 2.24) is 0 Å². The van der Waals surface area contributed by atoms with Crippen LogP contribution in [0, 0.1) is 10.1 Å². The van der Waals surface area contributed by atoms with E-state index in [0.717, 1.165) is 5.69 Å². The number of benzene rings is 1. The smallest absolute Gasteiger partial charge is 0.269 e. The summed E-state index contributed by atoms with van der Waals surface area (Å²) in [5.74, 6) is 0. The van der Waals surface area contributed by atoms with E-state index < -0.39 is 11.0 Å². The van der Waals surface area contributed by atoms with E-state index in [9.17, 15) is 10.1 Å². The van der Waals surface area contributed by atoms with Gasteiger partial charge in [0, 0.05) is 24.4 Å². The zero-order chi connectivity index (χ0) is 10.6. The molecule has 0 heterocycles. The number of nitrogens with zero attached hydrogens (tertiary/aromatic N) is 1. The molecule has 1 aromatic rings. The van der Waals surface area contributed by atoms with Crippen molar-refractivity contribution in [2.24, 2.45) is 0 Å². The van der Waals surface area contributed by atoms with Gasteiger partial charge in [-0.25, -0.2) is 0 Å². The first-order valence-corrected chi connectivity index (χ1v) is 4.26. The zero-order valence-electron chi connectivity index (χ0n) is 7.80. The molecule has 0 aromatic heterocycles. The number of nitro benzene ring substituents is 1. The van der Waals surface area contributed by atoms with Gasteiger partial charge in [0.25, 0.3) is 5.69 Å². The summed E-state index contributed by atoms with van der Waals surface area (Å²) in [7, 11) is 0. The predicted octanol–water partition coefficient (Wildman–Crippen LogP) is 1.39. The van der Waals surface area contributed by atoms with E-state index in [-0.39, 0.29) is 5.69 Å². The number of hydrogen-bond acceptors (Lipinski definition) is 4. The van der Waals surface area contributed by atoms with Gasteiger partial charge in [-0.1, -0.05) is 0 Å².